The fourth-order valence-corrected chi connectivity index (χ4v) is 2.04. The fourth-order valence-electron chi connectivity index (χ4n) is 1.14. The fraction of sp³-hybridized carbons (Fsp3) is 0.333. The van der Waals surface area contributed by atoms with Gasteiger partial charge >= 0.3 is 6.36 Å². The maximum absolute atomic E-state index is 12.0. The lowest BCUT2D eigenvalue weighted by Crippen LogP contribution is -2.22. The van der Waals surface area contributed by atoms with E-state index in [0.717, 1.165) is 12.1 Å². The number of hydrogen-bond acceptors (Lipinski definition) is 4. The summed E-state index contributed by atoms with van der Waals surface area (Å²) < 4.78 is 64.3. The minimum Gasteiger partial charge on any atom is -0.406 e. The van der Waals surface area contributed by atoms with Crippen LogP contribution in [0.15, 0.2) is 24.3 Å². The van der Waals surface area contributed by atoms with E-state index in [1.54, 1.807) is 0 Å². The number of halogens is 3. The highest BCUT2D eigenvalue weighted by Crippen LogP contribution is 2.25. The number of benzene rings is 1. The van der Waals surface area contributed by atoms with Crippen LogP contribution in [0.25, 0.3) is 0 Å². The molecule has 0 fully saturated rings. The molecule has 0 bridgehead atoms. The lowest BCUT2D eigenvalue weighted by atomic mass is 10.3. The molecular weight excluding hydrogens is 273 g/mol. The van der Waals surface area contributed by atoms with Crippen molar-refractivity contribution < 1.29 is 26.3 Å². The molecule has 0 heterocycles. The summed E-state index contributed by atoms with van der Waals surface area (Å²) in [5.74, 6) is -0.826. The molecule has 0 atom stereocenters. The van der Waals surface area contributed by atoms with E-state index in [9.17, 15) is 21.6 Å². The largest absolute Gasteiger partial charge is 0.573 e. The quantitative estimate of drug-likeness (QED) is 0.853. The Balaban J connectivity index is 2.83. The van der Waals surface area contributed by atoms with Gasteiger partial charge < -0.3 is 10.5 Å². The minimum absolute atomic E-state index is 0.0230. The van der Waals surface area contributed by atoms with E-state index in [1.165, 1.54) is 12.1 Å². The first-order valence-electron chi connectivity index (χ1n) is 4.78. The van der Waals surface area contributed by atoms with Gasteiger partial charge in [0.25, 0.3) is 0 Å². The molecule has 18 heavy (non-hydrogen) atoms. The van der Waals surface area contributed by atoms with Gasteiger partial charge in [0, 0.05) is 12.6 Å². The Kier molecular flexibility index (Phi) is 4.41. The van der Waals surface area contributed by atoms with Crippen LogP contribution in [0.3, 0.4) is 0 Å². The van der Waals surface area contributed by atoms with E-state index in [4.69, 9.17) is 5.73 Å². The van der Waals surface area contributed by atoms with Crippen LogP contribution in [-0.2, 0) is 10.0 Å². The van der Waals surface area contributed by atoms with Gasteiger partial charge in [-0.3, -0.25) is 4.72 Å². The first kappa shape index (κ1) is 14.6. The van der Waals surface area contributed by atoms with Crippen LogP contribution in [0.2, 0.25) is 0 Å². The number of ether oxygens (including phenoxy) is 1. The molecule has 1 aromatic carbocycles. The average Bonchev–Trinajstić information content (AvgIpc) is 2.13. The van der Waals surface area contributed by atoms with Crippen LogP contribution in [0.5, 0.6) is 5.75 Å². The molecule has 0 aliphatic heterocycles. The number of alkyl halides is 3. The zero-order valence-electron chi connectivity index (χ0n) is 9.07. The summed E-state index contributed by atoms with van der Waals surface area (Å²) in [5.41, 5.74) is 5.07. The van der Waals surface area contributed by atoms with Gasteiger partial charge in [0.1, 0.15) is 5.75 Å². The Morgan fingerprint density at radius 1 is 1.33 bits per heavy atom. The SMILES string of the molecule is NCCS(=O)(=O)Nc1cccc(OC(F)(F)F)c1. The van der Waals surface area contributed by atoms with Gasteiger partial charge in [-0.2, -0.15) is 0 Å². The van der Waals surface area contributed by atoms with Crippen molar-refractivity contribution in [3.63, 3.8) is 0 Å². The normalized spacial score (nSPS) is 12.2. The van der Waals surface area contributed by atoms with Crippen molar-refractivity contribution in [2.24, 2.45) is 5.73 Å². The lowest BCUT2D eigenvalue weighted by Gasteiger charge is -2.11. The molecular formula is C9H11F3N2O3S. The Bertz CT molecular complexity index is 502. The summed E-state index contributed by atoms with van der Waals surface area (Å²) in [6, 6.07) is 4.54. The zero-order chi connectivity index (χ0) is 13.8. The number of sulfonamides is 1. The first-order chi connectivity index (χ1) is 8.22. The molecule has 1 rings (SSSR count). The van der Waals surface area contributed by atoms with E-state index >= 15 is 0 Å². The van der Waals surface area contributed by atoms with Crippen LogP contribution in [0, 0.1) is 0 Å². The molecule has 0 unspecified atom stereocenters. The van der Waals surface area contributed by atoms with Crippen LogP contribution in [-0.4, -0.2) is 27.1 Å². The molecule has 0 saturated carbocycles. The molecule has 0 radical (unpaired) electrons. The maximum Gasteiger partial charge on any atom is 0.573 e. The summed E-state index contributed by atoms with van der Waals surface area (Å²) in [7, 11) is -3.66. The monoisotopic (exact) mass is 284 g/mol. The zero-order valence-corrected chi connectivity index (χ0v) is 9.88. The van der Waals surface area contributed by atoms with E-state index in [-0.39, 0.29) is 18.0 Å². The molecule has 1 aromatic rings. The predicted molar refractivity (Wildman–Crippen MR) is 59.6 cm³/mol. The second-order valence-electron chi connectivity index (χ2n) is 3.29. The maximum atomic E-state index is 12.0. The summed E-state index contributed by atoms with van der Waals surface area (Å²) in [6.07, 6.45) is -4.82. The van der Waals surface area contributed by atoms with Gasteiger partial charge in [-0.1, -0.05) is 6.07 Å². The molecule has 0 aromatic heterocycles. The van der Waals surface area contributed by atoms with Crippen molar-refractivity contribution in [2.75, 3.05) is 17.0 Å². The third-order valence-corrected chi connectivity index (χ3v) is 3.05. The number of nitrogens with one attached hydrogen (secondary N) is 1. The van der Waals surface area contributed by atoms with Crippen LogP contribution in [0.4, 0.5) is 18.9 Å². The Morgan fingerprint density at radius 2 is 2.00 bits per heavy atom. The third kappa shape index (κ3) is 5.23. The van der Waals surface area contributed by atoms with Crippen molar-refractivity contribution in [2.45, 2.75) is 6.36 Å². The second-order valence-corrected chi connectivity index (χ2v) is 5.13. The van der Waals surface area contributed by atoms with Gasteiger partial charge in [0.2, 0.25) is 10.0 Å². The number of anilines is 1. The highest BCUT2D eigenvalue weighted by molar-refractivity contribution is 7.92. The van der Waals surface area contributed by atoms with E-state index < -0.39 is 22.1 Å². The Labute approximate surface area is 102 Å². The van der Waals surface area contributed by atoms with Crippen molar-refractivity contribution >= 4 is 15.7 Å². The highest BCUT2D eigenvalue weighted by atomic mass is 32.2. The molecule has 0 aliphatic rings. The van der Waals surface area contributed by atoms with E-state index in [2.05, 4.69) is 9.46 Å². The molecule has 0 spiro atoms. The van der Waals surface area contributed by atoms with E-state index in [1.807, 2.05) is 0 Å². The van der Waals surface area contributed by atoms with Crippen LogP contribution >= 0.6 is 0 Å². The van der Waals surface area contributed by atoms with Crippen molar-refractivity contribution in [1.29, 1.82) is 0 Å². The molecule has 0 amide bonds. The Morgan fingerprint density at radius 3 is 2.56 bits per heavy atom. The third-order valence-electron chi connectivity index (χ3n) is 1.73. The predicted octanol–water partition coefficient (Wildman–Crippen LogP) is 1.29. The van der Waals surface area contributed by atoms with Gasteiger partial charge in [0.05, 0.1) is 11.4 Å². The molecule has 5 nitrogen and oxygen atoms in total. The van der Waals surface area contributed by atoms with Gasteiger partial charge in [-0.25, -0.2) is 8.42 Å². The standard InChI is InChI=1S/C9H11F3N2O3S/c10-9(11,12)17-8-3-1-2-7(6-8)14-18(15,16)5-4-13/h1-3,6,14H,4-5,13H2. The molecule has 102 valence electrons. The Hall–Kier alpha value is -1.48. The topological polar surface area (TPSA) is 81.4 Å². The van der Waals surface area contributed by atoms with Crippen molar-refractivity contribution in [3.8, 4) is 5.75 Å². The molecule has 0 aliphatic carbocycles. The molecule has 9 heteroatoms. The van der Waals surface area contributed by atoms with Crippen LogP contribution < -0.4 is 15.2 Å². The van der Waals surface area contributed by atoms with Crippen LogP contribution in [0.1, 0.15) is 0 Å². The first-order valence-corrected chi connectivity index (χ1v) is 6.43. The highest BCUT2D eigenvalue weighted by Gasteiger charge is 2.31. The molecule has 0 saturated heterocycles. The summed E-state index contributed by atoms with van der Waals surface area (Å²) in [5, 5.41) is 0. The number of nitrogens with two attached hydrogens (primary N) is 1. The molecule has 3 N–H and O–H groups in total. The second kappa shape index (κ2) is 5.44. The number of hydrogen-bond donors (Lipinski definition) is 2. The smallest absolute Gasteiger partial charge is 0.406 e. The minimum atomic E-state index is -4.82. The number of rotatable bonds is 5. The average molecular weight is 284 g/mol. The summed E-state index contributed by atoms with van der Waals surface area (Å²) >= 11 is 0. The van der Waals surface area contributed by atoms with Gasteiger partial charge in [0.15, 0.2) is 0 Å². The van der Waals surface area contributed by atoms with E-state index in [0.29, 0.717) is 0 Å². The summed E-state index contributed by atoms with van der Waals surface area (Å²) in [4.78, 5) is 0. The van der Waals surface area contributed by atoms with Crippen molar-refractivity contribution in [3.05, 3.63) is 24.3 Å². The summed E-state index contributed by atoms with van der Waals surface area (Å²) in [6.45, 7) is -0.0892. The van der Waals surface area contributed by atoms with Gasteiger partial charge in [-0.05, 0) is 12.1 Å². The van der Waals surface area contributed by atoms with Gasteiger partial charge in [-0.15, -0.1) is 13.2 Å². The van der Waals surface area contributed by atoms with Crippen molar-refractivity contribution in [1.82, 2.24) is 0 Å². The lowest BCUT2D eigenvalue weighted by molar-refractivity contribution is -0.274.